The number of nitriles is 3. The molecule has 0 fully saturated rings. The molecule has 0 aromatic heterocycles. The summed E-state index contributed by atoms with van der Waals surface area (Å²) >= 11 is 0. The van der Waals surface area contributed by atoms with E-state index in [2.05, 4.69) is 23.1 Å². The van der Waals surface area contributed by atoms with E-state index in [0.717, 1.165) is 23.2 Å². The zero-order valence-corrected chi connectivity index (χ0v) is 14.3. The number of benzene rings is 1. The molecule has 0 amide bonds. The lowest BCUT2D eigenvalue weighted by Crippen LogP contribution is -2.47. The van der Waals surface area contributed by atoms with Crippen molar-refractivity contribution in [3.8, 4) is 18.2 Å². The fraction of sp³-hybridized carbons (Fsp3) is 0.350. The number of hydrogen-bond donors (Lipinski definition) is 1. The van der Waals surface area contributed by atoms with Gasteiger partial charge in [-0.1, -0.05) is 35.9 Å². The molecule has 1 aromatic carbocycles. The SMILES string of the molecule is Cc1ccc(C2C3CN(C)CC=C3C(C#N)=C(N)C2(C#N)C#N)cc1. The first kappa shape index (κ1) is 16.8. The van der Waals surface area contributed by atoms with Crippen LogP contribution in [0.15, 0.2) is 47.2 Å². The maximum absolute atomic E-state index is 9.94. The lowest BCUT2D eigenvalue weighted by Gasteiger charge is -2.45. The highest BCUT2D eigenvalue weighted by molar-refractivity contribution is 5.59. The van der Waals surface area contributed by atoms with Crippen LogP contribution in [-0.2, 0) is 0 Å². The third-order valence-corrected chi connectivity index (χ3v) is 5.28. The Bertz CT molecular complexity index is 872. The second-order valence-corrected chi connectivity index (χ2v) is 6.81. The van der Waals surface area contributed by atoms with Gasteiger partial charge in [0.15, 0.2) is 5.41 Å². The van der Waals surface area contributed by atoms with Crippen molar-refractivity contribution in [2.75, 3.05) is 20.1 Å². The van der Waals surface area contributed by atoms with Gasteiger partial charge in [-0.25, -0.2) is 0 Å². The van der Waals surface area contributed by atoms with E-state index in [1.54, 1.807) is 0 Å². The first-order chi connectivity index (χ1) is 12.0. The summed E-state index contributed by atoms with van der Waals surface area (Å²) < 4.78 is 0. The van der Waals surface area contributed by atoms with Crippen LogP contribution in [0.1, 0.15) is 17.0 Å². The molecule has 1 aliphatic carbocycles. The first-order valence-electron chi connectivity index (χ1n) is 8.17. The number of fused-ring (bicyclic) bond motifs is 1. The molecule has 2 aliphatic rings. The van der Waals surface area contributed by atoms with Crippen LogP contribution in [0.3, 0.4) is 0 Å². The molecule has 25 heavy (non-hydrogen) atoms. The molecule has 1 aromatic rings. The average Bonchev–Trinajstić information content (AvgIpc) is 2.62. The topological polar surface area (TPSA) is 101 Å². The van der Waals surface area contributed by atoms with Gasteiger partial charge in [0, 0.05) is 24.9 Å². The highest BCUT2D eigenvalue weighted by Crippen LogP contribution is 2.53. The maximum Gasteiger partial charge on any atom is 0.191 e. The predicted octanol–water partition coefficient (Wildman–Crippen LogP) is 2.35. The van der Waals surface area contributed by atoms with Gasteiger partial charge in [0.05, 0.1) is 23.4 Å². The van der Waals surface area contributed by atoms with Gasteiger partial charge in [0.1, 0.15) is 6.07 Å². The van der Waals surface area contributed by atoms with E-state index in [4.69, 9.17) is 5.73 Å². The second-order valence-electron chi connectivity index (χ2n) is 6.81. The monoisotopic (exact) mass is 329 g/mol. The Hall–Kier alpha value is -3.07. The Morgan fingerprint density at radius 1 is 1.16 bits per heavy atom. The van der Waals surface area contributed by atoms with Crippen molar-refractivity contribution in [2.24, 2.45) is 17.1 Å². The van der Waals surface area contributed by atoms with Gasteiger partial charge in [0.2, 0.25) is 0 Å². The molecule has 2 atom stereocenters. The largest absolute Gasteiger partial charge is 0.399 e. The summed E-state index contributed by atoms with van der Waals surface area (Å²) in [5, 5.41) is 29.5. The van der Waals surface area contributed by atoms with E-state index in [1.807, 2.05) is 44.3 Å². The van der Waals surface area contributed by atoms with Crippen LogP contribution in [0.25, 0.3) is 0 Å². The Balaban J connectivity index is 2.32. The third kappa shape index (κ3) is 2.40. The summed E-state index contributed by atoms with van der Waals surface area (Å²) in [4.78, 5) is 2.13. The van der Waals surface area contributed by atoms with Crippen molar-refractivity contribution in [2.45, 2.75) is 12.8 Å². The lowest BCUT2D eigenvalue weighted by molar-refractivity contribution is 0.237. The van der Waals surface area contributed by atoms with Gasteiger partial charge in [-0.05, 0) is 25.1 Å². The smallest absolute Gasteiger partial charge is 0.191 e. The fourth-order valence-corrected chi connectivity index (χ4v) is 3.97. The number of nitrogens with two attached hydrogens (primary N) is 1. The van der Waals surface area contributed by atoms with Crippen LogP contribution < -0.4 is 5.73 Å². The van der Waals surface area contributed by atoms with Crippen LogP contribution in [0.4, 0.5) is 0 Å². The molecule has 0 spiro atoms. The molecular formula is C20H19N5. The first-order valence-corrected chi connectivity index (χ1v) is 8.17. The summed E-state index contributed by atoms with van der Waals surface area (Å²) in [5.41, 5.74) is 7.96. The van der Waals surface area contributed by atoms with Gasteiger partial charge in [-0.2, -0.15) is 15.8 Å². The van der Waals surface area contributed by atoms with E-state index in [0.29, 0.717) is 12.1 Å². The molecule has 3 rings (SSSR count). The fourth-order valence-electron chi connectivity index (χ4n) is 3.97. The summed E-state index contributed by atoms with van der Waals surface area (Å²) in [5.74, 6) is -0.531. The predicted molar refractivity (Wildman–Crippen MR) is 93.5 cm³/mol. The molecule has 124 valence electrons. The number of allylic oxidation sites excluding steroid dienone is 2. The van der Waals surface area contributed by atoms with E-state index in [-0.39, 0.29) is 11.6 Å². The Morgan fingerprint density at radius 2 is 1.80 bits per heavy atom. The molecule has 5 nitrogen and oxygen atoms in total. The van der Waals surface area contributed by atoms with Gasteiger partial charge in [0.25, 0.3) is 0 Å². The normalized spacial score (nSPS) is 25.2. The van der Waals surface area contributed by atoms with E-state index >= 15 is 0 Å². The van der Waals surface area contributed by atoms with Crippen LogP contribution in [0.2, 0.25) is 0 Å². The zero-order chi connectivity index (χ0) is 18.2. The minimum absolute atomic E-state index is 0.0811. The molecular weight excluding hydrogens is 310 g/mol. The molecule has 0 saturated carbocycles. The lowest BCUT2D eigenvalue weighted by atomic mass is 9.58. The van der Waals surface area contributed by atoms with Crippen molar-refractivity contribution < 1.29 is 0 Å². The number of rotatable bonds is 1. The number of nitrogens with zero attached hydrogens (tertiary/aromatic N) is 4. The van der Waals surface area contributed by atoms with E-state index in [9.17, 15) is 15.8 Å². The van der Waals surface area contributed by atoms with Gasteiger partial charge < -0.3 is 10.6 Å². The molecule has 1 heterocycles. The Kier molecular flexibility index (Phi) is 4.09. The van der Waals surface area contributed by atoms with Crippen molar-refractivity contribution in [1.82, 2.24) is 4.90 Å². The quantitative estimate of drug-likeness (QED) is 0.852. The van der Waals surface area contributed by atoms with Gasteiger partial charge >= 0.3 is 0 Å². The summed E-state index contributed by atoms with van der Waals surface area (Å²) in [6.07, 6.45) is 2.00. The molecule has 0 saturated heterocycles. The van der Waals surface area contributed by atoms with Gasteiger partial charge in [-0.15, -0.1) is 0 Å². The van der Waals surface area contributed by atoms with Crippen molar-refractivity contribution in [3.05, 3.63) is 58.3 Å². The highest BCUT2D eigenvalue weighted by atomic mass is 15.1. The van der Waals surface area contributed by atoms with Crippen LogP contribution in [-0.4, -0.2) is 25.0 Å². The molecule has 0 bridgehead atoms. The third-order valence-electron chi connectivity index (χ3n) is 5.28. The second kappa shape index (κ2) is 6.10. The molecule has 0 radical (unpaired) electrons. The van der Waals surface area contributed by atoms with E-state index in [1.165, 1.54) is 0 Å². The molecule has 1 aliphatic heterocycles. The zero-order valence-electron chi connectivity index (χ0n) is 14.3. The average molecular weight is 329 g/mol. The number of aryl methyl sites for hydroxylation is 1. The summed E-state index contributed by atoms with van der Waals surface area (Å²) in [6.45, 7) is 3.39. The molecule has 2 unspecified atom stereocenters. The van der Waals surface area contributed by atoms with Crippen LogP contribution in [0, 0.1) is 52.2 Å². The number of likely N-dealkylation sites (N-methyl/N-ethyl adjacent to an activating group) is 1. The summed E-state index contributed by atoms with van der Waals surface area (Å²) in [6, 6.07) is 14.3. The molecule has 2 N–H and O–H groups in total. The van der Waals surface area contributed by atoms with Crippen molar-refractivity contribution >= 4 is 0 Å². The van der Waals surface area contributed by atoms with Gasteiger partial charge in [-0.3, -0.25) is 0 Å². The number of hydrogen-bond acceptors (Lipinski definition) is 5. The molecule has 5 heteroatoms. The standard InChI is InChI=1S/C20H19N5/c1-13-3-5-14(6-4-13)18-17-10-25(2)8-7-15(17)16(9-21)19(24)20(18,11-22)12-23/h3-7,17-18H,8,10,24H2,1-2H3. The highest BCUT2D eigenvalue weighted by Gasteiger charge is 2.54. The van der Waals surface area contributed by atoms with Crippen molar-refractivity contribution in [3.63, 3.8) is 0 Å². The van der Waals surface area contributed by atoms with Crippen molar-refractivity contribution in [1.29, 1.82) is 15.8 Å². The Labute approximate surface area is 147 Å². The van der Waals surface area contributed by atoms with Crippen LogP contribution in [0.5, 0.6) is 0 Å². The minimum Gasteiger partial charge on any atom is -0.399 e. The minimum atomic E-state index is -1.54. The summed E-state index contributed by atoms with van der Waals surface area (Å²) in [7, 11) is 1.99. The van der Waals surface area contributed by atoms with E-state index < -0.39 is 11.3 Å². The Morgan fingerprint density at radius 3 is 2.36 bits per heavy atom. The van der Waals surface area contributed by atoms with Crippen LogP contribution >= 0.6 is 0 Å². The maximum atomic E-state index is 9.94.